The van der Waals surface area contributed by atoms with E-state index in [1.165, 1.54) is 4.90 Å². The molecule has 0 saturated carbocycles. The van der Waals surface area contributed by atoms with Gasteiger partial charge in [0, 0.05) is 32.2 Å². The molecule has 1 aliphatic rings. The van der Waals surface area contributed by atoms with E-state index in [1.807, 2.05) is 13.8 Å². The van der Waals surface area contributed by atoms with Crippen molar-refractivity contribution in [2.75, 3.05) is 32.7 Å². The third-order valence-electron chi connectivity index (χ3n) is 2.59. The average Bonchev–Trinajstić information content (AvgIpc) is 2.26. The Morgan fingerprint density at radius 1 is 1.47 bits per heavy atom. The third-order valence-corrected chi connectivity index (χ3v) is 2.59. The Labute approximate surface area is 90.4 Å². The number of nitrogens with zero attached hydrogens (tertiary/aromatic N) is 2. The summed E-state index contributed by atoms with van der Waals surface area (Å²) in [6.45, 7) is 7.16. The van der Waals surface area contributed by atoms with Crippen molar-refractivity contribution in [3.05, 3.63) is 0 Å². The van der Waals surface area contributed by atoms with Crippen LogP contribution in [-0.4, -0.2) is 60.9 Å². The lowest BCUT2D eigenvalue weighted by Gasteiger charge is -2.30. The van der Waals surface area contributed by atoms with Gasteiger partial charge in [0.15, 0.2) is 0 Å². The zero-order valence-electron chi connectivity index (χ0n) is 9.40. The second kappa shape index (κ2) is 5.70. The average molecular weight is 213 g/mol. The fraction of sp³-hybridized carbons (Fsp3) is 0.800. The van der Waals surface area contributed by atoms with Crippen molar-refractivity contribution in [1.29, 1.82) is 0 Å². The summed E-state index contributed by atoms with van der Waals surface area (Å²) in [5.74, 6) is 0.0392. The van der Waals surface area contributed by atoms with E-state index in [-0.39, 0.29) is 18.5 Å². The fourth-order valence-corrected chi connectivity index (χ4v) is 1.51. The number of nitrogens with one attached hydrogen (secondary N) is 1. The molecule has 1 N–H and O–H groups in total. The minimum Gasteiger partial charge on any atom is -0.339 e. The monoisotopic (exact) mass is 213 g/mol. The maximum atomic E-state index is 11.8. The molecule has 1 fully saturated rings. The van der Waals surface area contributed by atoms with Gasteiger partial charge in [0.25, 0.3) is 0 Å². The molecule has 15 heavy (non-hydrogen) atoms. The Balaban J connectivity index is 2.42. The molecule has 0 unspecified atom stereocenters. The van der Waals surface area contributed by atoms with Crippen molar-refractivity contribution in [2.45, 2.75) is 19.9 Å². The van der Waals surface area contributed by atoms with Crippen molar-refractivity contribution in [3.8, 4) is 0 Å². The maximum Gasteiger partial charge on any atom is 0.242 e. The molecule has 0 aliphatic carbocycles. The zero-order valence-corrected chi connectivity index (χ0v) is 9.40. The normalized spacial score (nSPS) is 16.6. The summed E-state index contributed by atoms with van der Waals surface area (Å²) in [6, 6.07) is 0.0781. The molecular formula is C10H19N3O2. The molecule has 0 spiro atoms. The van der Waals surface area contributed by atoms with Crippen LogP contribution in [0.25, 0.3) is 0 Å². The van der Waals surface area contributed by atoms with Crippen LogP contribution in [0.1, 0.15) is 13.8 Å². The molecule has 1 rings (SSSR count). The topological polar surface area (TPSA) is 52.7 Å². The SMILES string of the molecule is CC(C)N(C=O)CC(=O)N1CCNCC1. The molecule has 86 valence electrons. The van der Waals surface area contributed by atoms with Crippen LogP contribution in [0.4, 0.5) is 0 Å². The number of carbonyl (C=O) groups excluding carboxylic acids is 2. The van der Waals surface area contributed by atoms with Crippen LogP contribution < -0.4 is 5.32 Å². The van der Waals surface area contributed by atoms with Crippen LogP contribution in [0.3, 0.4) is 0 Å². The summed E-state index contributed by atoms with van der Waals surface area (Å²) in [6.07, 6.45) is 0.741. The Bertz CT molecular complexity index is 225. The van der Waals surface area contributed by atoms with Gasteiger partial charge in [-0.1, -0.05) is 0 Å². The summed E-state index contributed by atoms with van der Waals surface area (Å²) in [7, 11) is 0. The summed E-state index contributed by atoms with van der Waals surface area (Å²) >= 11 is 0. The number of amides is 2. The highest BCUT2D eigenvalue weighted by Crippen LogP contribution is 1.98. The van der Waals surface area contributed by atoms with Gasteiger partial charge in [0.05, 0.1) is 6.54 Å². The zero-order chi connectivity index (χ0) is 11.3. The highest BCUT2D eigenvalue weighted by atomic mass is 16.2. The summed E-state index contributed by atoms with van der Waals surface area (Å²) in [5, 5.41) is 3.18. The van der Waals surface area contributed by atoms with Gasteiger partial charge >= 0.3 is 0 Å². The first-order valence-corrected chi connectivity index (χ1v) is 5.34. The number of piperazine rings is 1. The third kappa shape index (κ3) is 3.51. The molecule has 2 amide bonds. The van der Waals surface area contributed by atoms with Crippen molar-refractivity contribution in [3.63, 3.8) is 0 Å². The Hall–Kier alpha value is -1.10. The lowest BCUT2D eigenvalue weighted by Crippen LogP contribution is -2.50. The predicted octanol–water partition coefficient (Wildman–Crippen LogP) is -0.715. The molecule has 0 bridgehead atoms. The molecule has 0 atom stereocenters. The van der Waals surface area contributed by atoms with Gasteiger partial charge in [-0.2, -0.15) is 0 Å². The molecule has 1 aliphatic heterocycles. The molecule has 0 aromatic carbocycles. The second-order valence-electron chi connectivity index (χ2n) is 4.00. The van der Waals surface area contributed by atoms with Crippen molar-refractivity contribution in [2.24, 2.45) is 0 Å². The number of hydrogen-bond acceptors (Lipinski definition) is 3. The Morgan fingerprint density at radius 2 is 2.07 bits per heavy atom. The molecule has 5 heteroatoms. The second-order valence-corrected chi connectivity index (χ2v) is 4.00. The van der Waals surface area contributed by atoms with E-state index in [9.17, 15) is 9.59 Å². The minimum atomic E-state index is 0.0392. The van der Waals surface area contributed by atoms with Crippen LogP contribution >= 0.6 is 0 Å². The fourth-order valence-electron chi connectivity index (χ4n) is 1.51. The Kier molecular flexibility index (Phi) is 4.55. The van der Waals surface area contributed by atoms with Crippen LogP contribution in [0.2, 0.25) is 0 Å². The van der Waals surface area contributed by atoms with Crippen LogP contribution in [0.5, 0.6) is 0 Å². The van der Waals surface area contributed by atoms with E-state index in [0.29, 0.717) is 0 Å². The highest BCUT2D eigenvalue weighted by Gasteiger charge is 2.19. The van der Waals surface area contributed by atoms with Gasteiger partial charge < -0.3 is 15.1 Å². The van der Waals surface area contributed by atoms with Crippen molar-refractivity contribution in [1.82, 2.24) is 15.1 Å². The molecule has 1 saturated heterocycles. The highest BCUT2D eigenvalue weighted by molar-refractivity contribution is 5.80. The molecule has 5 nitrogen and oxygen atoms in total. The van der Waals surface area contributed by atoms with E-state index in [4.69, 9.17) is 0 Å². The van der Waals surface area contributed by atoms with E-state index in [1.54, 1.807) is 4.90 Å². The lowest BCUT2D eigenvalue weighted by molar-refractivity contribution is -0.137. The largest absolute Gasteiger partial charge is 0.339 e. The van der Waals surface area contributed by atoms with Gasteiger partial charge in [-0.05, 0) is 13.8 Å². The molecule has 0 radical (unpaired) electrons. The number of hydrogen-bond donors (Lipinski definition) is 1. The first-order valence-electron chi connectivity index (χ1n) is 5.34. The first kappa shape index (κ1) is 12.0. The van der Waals surface area contributed by atoms with Gasteiger partial charge in [-0.15, -0.1) is 0 Å². The van der Waals surface area contributed by atoms with Crippen LogP contribution in [0, 0.1) is 0 Å². The van der Waals surface area contributed by atoms with Gasteiger partial charge in [0.2, 0.25) is 12.3 Å². The number of rotatable bonds is 4. The molecular weight excluding hydrogens is 194 g/mol. The minimum absolute atomic E-state index is 0.0392. The van der Waals surface area contributed by atoms with Gasteiger partial charge in [-0.3, -0.25) is 9.59 Å². The molecule has 0 aromatic heterocycles. The van der Waals surface area contributed by atoms with Gasteiger partial charge in [0.1, 0.15) is 0 Å². The van der Waals surface area contributed by atoms with E-state index in [0.717, 1.165) is 32.6 Å². The summed E-state index contributed by atoms with van der Waals surface area (Å²) < 4.78 is 0. The van der Waals surface area contributed by atoms with E-state index in [2.05, 4.69) is 5.32 Å². The quantitative estimate of drug-likeness (QED) is 0.627. The molecule has 0 aromatic rings. The first-order chi connectivity index (χ1) is 7.15. The van der Waals surface area contributed by atoms with Gasteiger partial charge in [-0.25, -0.2) is 0 Å². The standard InChI is InChI=1S/C10H19N3O2/c1-9(2)13(8-14)7-10(15)12-5-3-11-4-6-12/h8-9,11H,3-7H2,1-2H3. The maximum absolute atomic E-state index is 11.8. The molecule has 1 heterocycles. The lowest BCUT2D eigenvalue weighted by atomic mass is 10.3. The van der Waals surface area contributed by atoms with Crippen molar-refractivity contribution >= 4 is 12.3 Å². The van der Waals surface area contributed by atoms with Crippen LogP contribution in [0.15, 0.2) is 0 Å². The number of carbonyl (C=O) groups is 2. The van der Waals surface area contributed by atoms with Crippen LogP contribution in [-0.2, 0) is 9.59 Å². The van der Waals surface area contributed by atoms with Crippen molar-refractivity contribution < 1.29 is 9.59 Å². The Morgan fingerprint density at radius 3 is 2.53 bits per heavy atom. The van der Waals surface area contributed by atoms with E-state index >= 15 is 0 Å². The smallest absolute Gasteiger partial charge is 0.242 e. The van der Waals surface area contributed by atoms with E-state index < -0.39 is 0 Å². The predicted molar refractivity (Wildman–Crippen MR) is 57.4 cm³/mol. The summed E-state index contributed by atoms with van der Waals surface area (Å²) in [5.41, 5.74) is 0. The summed E-state index contributed by atoms with van der Waals surface area (Å²) in [4.78, 5) is 25.8.